The lowest BCUT2D eigenvalue weighted by molar-refractivity contribution is -0.250. The molecule has 2 aliphatic heterocycles. The summed E-state index contributed by atoms with van der Waals surface area (Å²) in [5.74, 6) is -1.40. The second-order valence-electron chi connectivity index (χ2n) is 12.0. The maximum Gasteiger partial charge on any atom is 0.426 e. The van der Waals surface area contributed by atoms with E-state index in [1.54, 1.807) is 25.7 Å². The molecule has 3 aromatic rings. The molecule has 2 atom stereocenters. The molecule has 1 fully saturated rings. The Labute approximate surface area is 235 Å². The van der Waals surface area contributed by atoms with Gasteiger partial charge in [0.05, 0.1) is 11.7 Å². The Morgan fingerprint density at radius 2 is 1.83 bits per heavy atom. The number of aromatic nitrogens is 3. The fourth-order valence-corrected chi connectivity index (χ4v) is 5.57. The molecule has 0 aliphatic carbocycles. The van der Waals surface area contributed by atoms with Gasteiger partial charge in [-0.15, -0.1) is 10.2 Å². The number of benzene rings is 1. The summed E-state index contributed by atoms with van der Waals surface area (Å²) in [6, 6.07) is 5.33. The van der Waals surface area contributed by atoms with Crippen LogP contribution in [0.1, 0.15) is 68.8 Å². The molecule has 2 aliphatic rings. The molecule has 2 aromatic heterocycles. The van der Waals surface area contributed by atoms with E-state index in [-0.39, 0.29) is 19.5 Å². The van der Waals surface area contributed by atoms with Gasteiger partial charge in [-0.25, -0.2) is 4.79 Å². The fourth-order valence-electron chi connectivity index (χ4n) is 5.57. The number of nitrogens with zero attached hydrogens (tertiary/aromatic N) is 4. The monoisotopic (exact) mass is 573 g/mol. The van der Waals surface area contributed by atoms with E-state index in [1.165, 1.54) is 0 Å². The van der Waals surface area contributed by atoms with Gasteiger partial charge in [-0.2, -0.15) is 13.2 Å². The van der Waals surface area contributed by atoms with Crippen molar-refractivity contribution in [2.45, 2.75) is 83.8 Å². The standard InChI is InChI=1S/C29H34F3N5O4/c1-16-14-33-24-19(16)13-22(34-35-24)18-11-17-8-10-36(25(38)28(5,40)29(30,31)32)15-21(17)20(12-18)23-7-6-9-37(23)26(39)41-27(2,3)4/h11-14,23,40H,6-10,15H2,1-5H3,(H,33,35)/t23-,28-/m0/s1. The summed E-state index contributed by atoms with van der Waals surface area (Å²) in [6.07, 6.45) is -2.15. The van der Waals surface area contributed by atoms with Crippen molar-refractivity contribution in [1.82, 2.24) is 25.0 Å². The maximum absolute atomic E-state index is 13.5. The van der Waals surface area contributed by atoms with Crippen molar-refractivity contribution in [2.75, 3.05) is 13.1 Å². The molecule has 0 unspecified atom stereocenters. The Bertz CT molecular complexity index is 1510. The Kier molecular flexibility index (Phi) is 7.04. The van der Waals surface area contributed by atoms with Crippen LogP contribution in [-0.2, 0) is 22.5 Å². The number of H-pyrrole nitrogens is 1. The molecule has 1 aromatic carbocycles. The first-order valence-corrected chi connectivity index (χ1v) is 13.6. The summed E-state index contributed by atoms with van der Waals surface area (Å²) in [5, 5.41) is 19.7. The summed E-state index contributed by atoms with van der Waals surface area (Å²) in [4.78, 5) is 31.9. The Balaban J connectivity index is 1.59. The number of amides is 2. The molecule has 41 heavy (non-hydrogen) atoms. The molecule has 4 heterocycles. The van der Waals surface area contributed by atoms with Gasteiger partial charge in [-0.05, 0) is 94.3 Å². The maximum atomic E-state index is 13.5. The van der Waals surface area contributed by atoms with Crippen LogP contribution < -0.4 is 0 Å². The van der Waals surface area contributed by atoms with Crippen LogP contribution in [0, 0.1) is 6.92 Å². The van der Waals surface area contributed by atoms with Crippen molar-refractivity contribution < 1.29 is 32.6 Å². The van der Waals surface area contributed by atoms with E-state index in [0.29, 0.717) is 43.2 Å². The van der Waals surface area contributed by atoms with Crippen molar-refractivity contribution in [1.29, 1.82) is 0 Å². The summed E-state index contributed by atoms with van der Waals surface area (Å²) >= 11 is 0. The lowest BCUT2D eigenvalue weighted by atomic mass is 9.87. The number of alkyl halides is 3. The van der Waals surface area contributed by atoms with E-state index in [9.17, 15) is 27.9 Å². The number of rotatable bonds is 3. The normalized spacial score (nSPS) is 19.3. The van der Waals surface area contributed by atoms with Crippen molar-refractivity contribution in [2.24, 2.45) is 0 Å². The molecule has 5 rings (SSSR count). The van der Waals surface area contributed by atoms with E-state index < -0.39 is 35.4 Å². The van der Waals surface area contributed by atoms with E-state index in [4.69, 9.17) is 4.74 Å². The first kappa shape index (κ1) is 28.8. The highest BCUT2D eigenvalue weighted by atomic mass is 19.4. The zero-order valence-electron chi connectivity index (χ0n) is 23.7. The second kappa shape index (κ2) is 10.0. The molecule has 0 bridgehead atoms. The number of hydrogen-bond acceptors (Lipinski definition) is 6. The lowest BCUT2D eigenvalue weighted by Crippen LogP contribution is -2.56. The zero-order chi connectivity index (χ0) is 29.9. The number of aromatic amines is 1. The van der Waals surface area contributed by atoms with E-state index >= 15 is 0 Å². The lowest BCUT2D eigenvalue weighted by Gasteiger charge is -2.37. The highest BCUT2D eigenvalue weighted by Gasteiger charge is 2.57. The molecule has 2 N–H and O–H groups in total. The van der Waals surface area contributed by atoms with Crippen LogP contribution >= 0.6 is 0 Å². The van der Waals surface area contributed by atoms with E-state index in [2.05, 4.69) is 15.2 Å². The Morgan fingerprint density at radius 1 is 1.10 bits per heavy atom. The molecule has 9 nitrogen and oxygen atoms in total. The van der Waals surface area contributed by atoms with Gasteiger partial charge >= 0.3 is 12.3 Å². The Hall–Kier alpha value is -3.67. The van der Waals surface area contributed by atoms with E-state index in [1.807, 2.05) is 31.3 Å². The smallest absolute Gasteiger partial charge is 0.426 e. The number of likely N-dealkylation sites (tertiary alicyclic amines) is 1. The Morgan fingerprint density at radius 3 is 2.51 bits per heavy atom. The first-order chi connectivity index (χ1) is 19.1. The first-order valence-electron chi connectivity index (χ1n) is 13.6. The molecule has 0 radical (unpaired) electrons. The summed E-state index contributed by atoms with van der Waals surface area (Å²) in [6.45, 7) is 8.12. The quantitative estimate of drug-likeness (QED) is 0.446. The molecule has 220 valence electrons. The molecule has 0 saturated carbocycles. The predicted molar refractivity (Wildman–Crippen MR) is 145 cm³/mol. The molecule has 12 heteroatoms. The van der Waals surface area contributed by atoms with E-state index in [0.717, 1.165) is 32.5 Å². The van der Waals surface area contributed by atoms with Crippen LogP contribution in [0.5, 0.6) is 0 Å². The van der Waals surface area contributed by atoms with Gasteiger partial charge in [0.1, 0.15) is 5.60 Å². The zero-order valence-corrected chi connectivity index (χ0v) is 23.7. The number of nitrogens with one attached hydrogen (secondary N) is 1. The highest BCUT2D eigenvalue weighted by Crippen LogP contribution is 2.41. The van der Waals surface area contributed by atoms with Gasteiger partial charge in [0.2, 0.25) is 5.60 Å². The third kappa shape index (κ3) is 5.37. The minimum Gasteiger partial charge on any atom is -0.444 e. The van der Waals surface area contributed by atoms with Crippen LogP contribution in [-0.4, -0.2) is 72.6 Å². The predicted octanol–water partition coefficient (Wildman–Crippen LogP) is 5.20. The minimum atomic E-state index is -5.12. The summed E-state index contributed by atoms with van der Waals surface area (Å²) in [5.41, 5.74) is 1.04. The summed E-state index contributed by atoms with van der Waals surface area (Å²) < 4.78 is 46.2. The number of carbonyl (C=O) groups is 2. The fraction of sp³-hybridized carbons (Fsp3) is 0.517. The van der Waals surface area contributed by atoms with Gasteiger partial charge in [0.25, 0.3) is 5.91 Å². The summed E-state index contributed by atoms with van der Waals surface area (Å²) in [7, 11) is 0. The number of carbonyl (C=O) groups excluding carboxylic acids is 2. The van der Waals surface area contributed by atoms with Crippen LogP contribution in [0.4, 0.5) is 18.0 Å². The van der Waals surface area contributed by atoms with Crippen LogP contribution in [0.25, 0.3) is 22.3 Å². The van der Waals surface area contributed by atoms with Gasteiger partial charge in [-0.1, -0.05) is 0 Å². The molecule has 2 amide bonds. The van der Waals surface area contributed by atoms with Crippen LogP contribution in [0.2, 0.25) is 0 Å². The van der Waals surface area contributed by atoms with Gasteiger partial charge < -0.3 is 24.6 Å². The number of ether oxygens (including phenoxy) is 1. The van der Waals surface area contributed by atoms with Crippen molar-refractivity contribution in [3.8, 4) is 11.3 Å². The largest absolute Gasteiger partial charge is 0.444 e. The minimum absolute atomic E-state index is 0.00301. The third-order valence-electron chi connectivity index (χ3n) is 7.81. The van der Waals surface area contributed by atoms with Gasteiger partial charge in [0.15, 0.2) is 5.65 Å². The molecule has 0 spiro atoms. The number of aryl methyl sites for hydroxylation is 1. The number of halogens is 3. The van der Waals surface area contributed by atoms with Gasteiger partial charge in [-0.3, -0.25) is 4.79 Å². The van der Waals surface area contributed by atoms with Crippen molar-refractivity contribution in [3.05, 3.63) is 46.6 Å². The van der Waals surface area contributed by atoms with Crippen molar-refractivity contribution >= 4 is 23.0 Å². The van der Waals surface area contributed by atoms with Crippen LogP contribution in [0.3, 0.4) is 0 Å². The number of fused-ring (bicyclic) bond motifs is 2. The SMILES string of the molecule is Cc1c[nH]c2nnc(-c3cc4c(c([C@@H]5CCCN5C(=O)OC(C)(C)C)c3)CN(C(=O)[C@](C)(O)C(F)(F)F)CC4)cc12. The molecular weight excluding hydrogens is 539 g/mol. The van der Waals surface area contributed by atoms with Crippen molar-refractivity contribution in [3.63, 3.8) is 0 Å². The average Bonchev–Trinajstić information content (AvgIpc) is 3.52. The topological polar surface area (TPSA) is 112 Å². The number of aliphatic hydroxyl groups is 1. The second-order valence-corrected chi connectivity index (χ2v) is 12.0. The highest BCUT2D eigenvalue weighted by molar-refractivity contribution is 5.86. The molecular formula is C29H34F3N5O4. The number of hydrogen-bond donors (Lipinski definition) is 2. The molecule has 1 saturated heterocycles. The average molecular weight is 574 g/mol. The third-order valence-corrected chi connectivity index (χ3v) is 7.81. The van der Waals surface area contributed by atoms with Crippen LogP contribution in [0.15, 0.2) is 24.4 Å². The van der Waals surface area contributed by atoms with Gasteiger partial charge in [0, 0.05) is 36.8 Å².